The fraction of sp³-hybridized carbons (Fsp3) is 0.125. The highest BCUT2D eigenvalue weighted by Crippen LogP contribution is 2.33. The van der Waals surface area contributed by atoms with Gasteiger partial charge in [-0.25, -0.2) is 0 Å². The Hall–Kier alpha value is -2.82. The van der Waals surface area contributed by atoms with Crippen molar-refractivity contribution in [1.29, 1.82) is 0 Å². The van der Waals surface area contributed by atoms with Gasteiger partial charge in [0.25, 0.3) is 0 Å². The Morgan fingerprint density at radius 3 is 2.38 bits per heavy atom. The number of carbonyl (C=O) groups is 2. The second-order valence-corrected chi connectivity index (χ2v) is 4.47. The maximum atomic E-state index is 12.4. The van der Waals surface area contributed by atoms with Crippen LogP contribution in [0.4, 0.5) is 5.69 Å². The van der Waals surface area contributed by atoms with Crippen molar-refractivity contribution in [2.24, 2.45) is 0 Å². The number of benzene rings is 1. The van der Waals surface area contributed by atoms with Crippen molar-refractivity contribution in [3.63, 3.8) is 0 Å². The van der Waals surface area contributed by atoms with Gasteiger partial charge in [0.05, 0.1) is 16.8 Å². The number of ketones is 2. The van der Waals surface area contributed by atoms with Gasteiger partial charge >= 0.3 is 0 Å². The Balaban J connectivity index is 2.49. The van der Waals surface area contributed by atoms with Crippen molar-refractivity contribution in [3.05, 3.63) is 60.3 Å². The molecule has 0 saturated carbocycles. The number of hydrogen-bond donors (Lipinski definition) is 3. The first-order valence-electron chi connectivity index (χ1n) is 6.46. The van der Waals surface area contributed by atoms with Crippen LogP contribution in [0.15, 0.2) is 49.2 Å². The van der Waals surface area contributed by atoms with E-state index in [9.17, 15) is 14.7 Å². The van der Waals surface area contributed by atoms with Gasteiger partial charge in [-0.15, -0.1) is 13.2 Å². The summed E-state index contributed by atoms with van der Waals surface area (Å²) in [5, 5.41) is 15.7. The number of aromatic hydroxyl groups is 1. The van der Waals surface area contributed by atoms with E-state index in [4.69, 9.17) is 0 Å². The molecule has 1 aliphatic rings. The highest BCUT2D eigenvalue weighted by atomic mass is 16.3. The van der Waals surface area contributed by atoms with Gasteiger partial charge in [0.15, 0.2) is 5.78 Å². The van der Waals surface area contributed by atoms with Gasteiger partial charge in [-0.1, -0.05) is 12.2 Å². The normalized spacial score (nSPS) is 13.2. The molecule has 0 heterocycles. The average molecular weight is 284 g/mol. The van der Waals surface area contributed by atoms with E-state index in [0.717, 1.165) is 0 Å². The fourth-order valence-electron chi connectivity index (χ4n) is 2.12. The smallest absolute Gasteiger partial charge is 0.213 e. The first-order chi connectivity index (χ1) is 10.1. The molecule has 0 saturated heterocycles. The summed E-state index contributed by atoms with van der Waals surface area (Å²) < 4.78 is 0. The van der Waals surface area contributed by atoms with Crippen molar-refractivity contribution >= 4 is 17.3 Å². The fourth-order valence-corrected chi connectivity index (χ4v) is 2.12. The number of hydrogen-bond acceptors (Lipinski definition) is 5. The average Bonchev–Trinajstić information content (AvgIpc) is 2.48. The minimum atomic E-state index is -0.411. The predicted molar refractivity (Wildman–Crippen MR) is 81.7 cm³/mol. The first-order valence-corrected chi connectivity index (χ1v) is 6.46. The van der Waals surface area contributed by atoms with E-state index in [1.54, 1.807) is 18.2 Å². The number of phenolic OH excluding ortho intramolecular Hbond substituents is 1. The third-order valence-corrected chi connectivity index (χ3v) is 3.05. The van der Waals surface area contributed by atoms with E-state index < -0.39 is 5.78 Å². The van der Waals surface area contributed by atoms with Crippen molar-refractivity contribution in [3.8, 4) is 5.75 Å². The minimum absolute atomic E-state index is 0.0168. The number of anilines is 1. The van der Waals surface area contributed by atoms with Crippen LogP contribution >= 0.6 is 0 Å². The number of phenols is 1. The first kappa shape index (κ1) is 14.6. The van der Waals surface area contributed by atoms with E-state index in [-0.39, 0.29) is 28.4 Å². The molecular formula is C16H16N2O3. The van der Waals surface area contributed by atoms with E-state index in [0.29, 0.717) is 18.8 Å². The van der Waals surface area contributed by atoms with Gasteiger partial charge in [0.1, 0.15) is 5.75 Å². The van der Waals surface area contributed by atoms with Gasteiger partial charge in [0.2, 0.25) is 5.78 Å². The molecule has 1 aromatic carbocycles. The van der Waals surface area contributed by atoms with Crippen LogP contribution in [0, 0.1) is 0 Å². The molecule has 0 spiro atoms. The van der Waals surface area contributed by atoms with Crippen LogP contribution in [-0.2, 0) is 0 Å². The van der Waals surface area contributed by atoms with Crippen molar-refractivity contribution in [2.45, 2.75) is 0 Å². The summed E-state index contributed by atoms with van der Waals surface area (Å²) in [7, 11) is 0. The number of rotatable bonds is 6. The van der Waals surface area contributed by atoms with Gasteiger partial charge in [0, 0.05) is 24.9 Å². The Bertz CT molecular complexity index is 660. The lowest BCUT2D eigenvalue weighted by atomic mass is 9.90. The maximum absolute atomic E-state index is 12.4. The quantitative estimate of drug-likeness (QED) is 0.550. The molecule has 0 aliphatic heterocycles. The molecule has 21 heavy (non-hydrogen) atoms. The molecule has 0 amide bonds. The molecule has 5 heteroatoms. The number of nitrogens with one attached hydrogen (secondary N) is 2. The molecule has 2 rings (SSSR count). The lowest BCUT2D eigenvalue weighted by Gasteiger charge is -2.20. The molecule has 0 unspecified atom stereocenters. The Morgan fingerprint density at radius 1 is 1.05 bits per heavy atom. The molecule has 0 radical (unpaired) electrons. The molecule has 1 aliphatic carbocycles. The number of allylic oxidation sites excluding steroid dienone is 2. The number of Topliss-reactive ketones (excluding diaryl/α,β-unsaturated/α-hetero) is 1. The largest absolute Gasteiger partial charge is 0.507 e. The van der Waals surface area contributed by atoms with Gasteiger partial charge in [-0.2, -0.15) is 0 Å². The second kappa shape index (κ2) is 6.09. The summed E-state index contributed by atoms with van der Waals surface area (Å²) in [6, 6.07) is 2.96. The van der Waals surface area contributed by atoms with Crippen molar-refractivity contribution in [2.75, 3.05) is 18.4 Å². The monoisotopic (exact) mass is 284 g/mol. The summed E-state index contributed by atoms with van der Waals surface area (Å²) >= 11 is 0. The molecule has 5 nitrogen and oxygen atoms in total. The standard InChI is InChI=1S/C16H16N2O3/c1-3-7-17-10-5-6-12(19)15-14(10)13(20)9-11(16(15)21)18-8-4-2/h3-6,9,17-19H,1-2,7-8H2. The molecule has 0 fully saturated rings. The SMILES string of the molecule is C=CCNC1=CC(=O)c2c(NCC=C)ccc(O)c2C1=O. The predicted octanol–water partition coefficient (Wildman–Crippen LogP) is 2.03. The molecule has 108 valence electrons. The summed E-state index contributed by atoms with van der Waals surface area (Å²) in [6.45, 7) is 7.94. The second-order valence-electron chi connectivity index (χ2n) is 4.47. The van der Waals surface area contributed by atoms with E-state index in [2.05, 4.69) is 23.8 Å². The number of fused-ring (bicyclic) bond motifs is 1. The van der Waals surface area contributed by atoms with E-state index >= 15 is 0 Å². The van der Waals surface area contributed by atoms with Crippen LogP contribution in [0.25, 0.3) is 0 Å². The Morgan fingerprint density at radius 2 is 1.71 bits per heavy atom. The van der Waals surface area contributed by atoms with Crippen LogP contribution in [0.1, 0.15) is 20.7 Å². The van der Waals surface area contributed by atoms with Gasteiger partial charge in [-0.3, -0.25) is 9.59 Å². The topological polar surface area (TPSA) is 78.4 Å². The zero-order valence-electron chi connectivity index (χ0n) is 11.5. The van der Waals surface area contributed by atoms with Crippen molar-refractivity contribution in [1.82, 2.24) is 5.32 Å². The molecule has 0 aromatic heterocycles. The third kappa shape index (κ3) is 2.72. The molecule has 1 aromatic rings. The van der Waals surface area contributed by atoms with Crippen LogP contribution in [0.5, 0.6) is 5.75 Å². The molecule has 3 N–H and O–H groups in total. The van der Waals surface area contributed by atoms with Crippen LogP contribution in [-0.4, -0.2) is 29.8 Å². The Labute approximate surface area is 122 Å². The summed E-state index contributed by atoms with van der Waals surface area (Å²) in [5.41, 5.74) is 0.859. The molecule has 0 atom stereocenters. The lowest BCUT2D eigenvalue weighted by molar-refractivity contribution is 0.0976. The lowest BCUT2D eigenvalue weighted by Crippen LogP contribution is -2.27. The van der Waals surface area contributed by atoms with Gasteiger partial charge in [-0.05, 0) is 12.1 Å². The van der Waals surface area contributed by atoms with Gasteiger partial charge < -0.3 is 15.7 Å². The molecular weight excluding hydrogens is 268 g/mol. The zero-order chi connectivity index (χ0) is 15.4. The molecule has 0 bridgehead atoms. The van der Waals surface area contributed by atoms with E-state index in [1.165, 1.54) is 12.1 Å². The highest BCUT2D eigenvalue weighted by molar-refractivity contribution is 6.27. The summed E-state index contributed by atoms with van der Waals surface area (Å²) in [6.07, 6.45) is 4.46. The number of carbonyl (C=O) groups excluding carboxylic acids is 2. The summed E-state index contributed by atoms with van der Waals surface area (Å²) in [5.74, 6) is -0.955. The third-order valence-electron chi connectivity index (χ3n) is 3.05. The van der Waals surface area contributed by atoms with Crippen LogP contribution in [0.2, 0.25) is 0 Å². The maximum Gasteiger partial charge on any atom is 0.213 e. The highest BCUT2D eigenvalue weighted by Gasteiger charge is 2.30. The van der Waals surface area contributed by atoms with Crippen LogP contribution in [0.3, 0.4) is 0 Å². The Kier molecular flexibility index (Phi) is 4.23. The summed E-state index contributed by atoms with van der Waals surface area (Å²) in [4.78, 5) is 24.7. The van der Waals surface area contributed by atoms with Crippen LogP contribution < -0.4 is 10.6 Å². The zero-order valence-corrected chi connectivity index (χ0v) is 11.5. The van der Waals surface area contributed by atoms with E-state index in [1.807, 2.05) is 0 Å². The van der Waals surface area contributed by atoms with Crippen molar-refractivity contribution < 1.29 is 14.7 Å². The minimum Gasteiger partial charge on any atom is -0.507 e.